The van der Waals surface area contributed by atoms with Gasteiger partial charge in [-0.05, 0) is 39.2 Å². The Labute approximate surface area is 127 Å². The van der Waals surface area contributed by atoms with Gasteiger partial charge in [0, 0.05) is 19.7 Å². The third kappa shape index (κ3) is 3.28. The van der Waals surface area contributed by atoms with Crippen LogP contribution in [0.2, 0.25) is 0 Å². The molecule has 0 aromatic heterocycles. The van der Waals surface area contributed by atoms with E-state index >= 15 is 0 Å². The fraction of sp³-hybridized carbons (Fsp3) is 0.750. The lowest BCUT2D eigenvalue weighted by Gasteiger charge is -2.44. The van der Waals surface area contributed by atoms with Gasteiger partial charge in [0.25, 0.3) is 0 Å². The molecule has 0 aromatic rings. The van der Waals surface area contributed by atoms with Crippen molar-refractivity contribution in [3.05, 3.63) is 11.1 Å². The number of carbonyl (C=O) groups is 2. The van der Waals surface area contributed by atoms with E-state index in [2.05, 4.69) is 0 Å². The van der Waals surface area contributed by atoms with Crippen LogP contribution in [-0.2, 0) is 14.3 Å². The summed E-state index contributed by atoms with van der Waals surface area (Å²) in [6.07, 6.45) is 0.987. The summed E-state index contributed by atoms with van der Waals surface area (Å²) < 4.78 is 10.8. The maximum absolute atomic E-state index is 12.4. The minimum Gasteiger partial charge on any atom is -0.444 e. The summed E-state index contributed by atoms with van der Waals surface area (Å²) in [4.78, 5) is 25.9. The zero-order chi connectivity index (χ0) is 16.4. The van der Waals surface area contributed by atoms with Crippen LogP contribution in [0, 0.1) is 0 Å². The van der Waals surface area contributed by atoms with E-state index in [9.17, 15) is 9.59 Å². The van der Waals surface area contributed by atoms with Crippen LogP contribution in [0.1, 0.15) is 47.5 Å². The summed E-state index contributed by atoms with van der Waals surface area (Å²) in [5.74, 6) is -0.0141. The monoisotopic (exact) mass is 297 g/mol. The Balaban J connectivity index is 2.92. The second-order valence-corrected chi connectivity index (χ2v) is 6.36. The number of hydrogen-bond donors (Lipinski definition) is 0. The molecule has 1 atom stereocenters. The third-order valence-corrected chi connectivity index (χ3v) is 3.71. The minimum atomic E-state index is -0.994. The van der Waals surface area contributed by atoms with Crippen LogP contribution >= 0.6 is 0 Å². The predicted octanol–water partition coefficient (Wildman–Crippen LogP) is 2.94. The van der Waals surface area contributed by atoms with Gasteiger partial charge in [0.2, 0.25) is 0 Å². The highest BCUT2D eigenvalue weighted by molar-refractivity contribution is 6.12. The van der Waals surface area contributed by atoms with Crippen molar-refractivity contribution < 1.29 is 19.1 Å². The molecule has 0 saturated heterocycles. The number of amides is 1. The Morgan fingerprint density at radius 2 is 1.81 bits per heavy atom. The predicted molar refractivity (Wildman–Crippen MR) is 81.2 cm³/mol. The minimum absolute atomic E-state index is 0.0141. The highest BCUT2D eigenvalue weighted by Gasteiger charge is 2.53. The molecule has 1 aliphatic rings. The van der Waals surface area contributed by atoms with Gasteiger partial charge in [-0.25, -0.2) is 4.79 Å². The largest absolute Gasteiger partial charge is 0.444 e. The van der Waals surface area contributed by atoms with Crippen molar-refractivity contribution in [2.45, 2.75) is 58.7 Å². The Morgan fingerprint density at radius 1 is 1.24 bits per heavy atom. The number of nitrogens with zero attached hydrogens (tertiary/aromatic N) is 1. The van der Waals surface area contributed by atoms with Crippen LogP contribution in [0.15, 0.2) is 11.1 Å². The normalized spacial score (nSPS) is 22.1. The Morgan fingerprint density at radius 3 is 2.19 bits per heavy atom. The average molecular weight is 297 g/mol. The lowest BCUT2D eigenvalue weighted by atomic mass is 9.69. The fourth-order valence-electron chi connectivity index (χ4n) is 2.76. The van der Waals surface area contributed by atoms with E-state index in [1.54, 1.807) is 7.05 Å². The molecule has 0 N–H and O–H groups in total. The van der Waals surface area contributed by atoms with Crippen LogP contribution in [0.4, 0.5) is 4.79 Å². The van der Waals surface area contributed by atoms with Crippen molar-refractivity contribution in [3.8, 4) is 0 Å². The van der Waals surface area contributed by atoms with Crippen molar-refractivity contribution in [2.75, 3.05) is 20.7 Å². The first kappa shape index (κ1) is 17.7. The highest BCUT2D eigenvalue weighted by atomic mass is 16.6. The highest BCUT2D eigenvalue weighted by Crippen LogP contribution is 2.42. The van der Waals surface area contributed by atoms with E-state index in [4.69, 9.17) is 9.47 Å². The topological polar surface area (TPSA) is 55.8 Å². The van der Waals surface area contributed by atoms with E-state index in [0.717, 1.165) is 17.6 Å². The van der Waals surface area contributed by atoms with Gasteiger partial charge in [0.15, 0.2) is 11.4 Å². The number of Topliss-reactive ketones (excluding diaryl/α,β-unsaturated/α-hetero) is 1. The molecule has 1 aliphatic carbocycles. The lowest BCUT2D eigenvalue weighted by molar-refractivity contribution is -0.139. The summed E-state index contributed by atoms with van der Waals surface area (Å²) in [5.41, 5.74) is 0.267. The first-order chi connectivity index (χ1) is 9.62. The van der Waals surface area contributed by atoms with Gasteiger partial charge >= 0.3 is 6.09 Å². The van der Waals surface area contributed by atoms with Gasteiger partial charge in [-0.15, -0.1) is 0 Å². The standard InChI is InChI=1S/C16H27NO4/c1-8-11-12(9-2)16(20-7,13(11)18)10-17(6)14(19)21-15(3,4)5/h8-10H2,1-7H3. The summed E-state index contributed by atoms with van der Waals surface area (Å²) in [6, 6.07) is 0. The van der Waals surface area contributed by atoms with Crippen LogP contribution < -0.4 is 0 Å². The van der Waals surface area contributed by atoms with Crippen molar-refractivity contribution in [1.82, 2.24) is 4.90 Å². The van der Waals surface area contributed by atoms with Gasteiger partial charge in [-0.2, -0.15) is 0 Å². The lowest BCUT2D eigenvalue weighted by Crippen LogP contribution is -2.59. The van der Waals surface area contributed by atoms with Crippen LogP contribution in [0.5, 0.6) is 0 Å². The molecule has 0 aliphatic heterocycles. The molecular weight excluding hydrogens is 270 g/mol. The van der Waals surface area contributed by atoms with Crippen molar-refractivity contribution in [3.63, 3.8) is 0 Å². The number of ether oxygens (including phenoxy) is 2. The van der Waals surface area contributed by atoms with Crippen molar-refractivity contribution in [2.24, 2.45) is 0 Å². The number of methoxy groups -OCH3 is 1. The Hall–Kier alpha value is -1.36. The molecule has 120 valence electrons. The summed E-state index contributed by atoms with van der Waals surface area (Å²) in [7, 11) is 3.14. The van der Waals surface area contributed by atoms with E-state index in [1.807, 2.05) is 34.6 Å². The molecule has 1 unspecified atom stereocenters. The molecule has 21 heavy (non-hydrogen) atoms. The van der Waals surface area contributed by atoms with Crippen LogP contribution in [-0.4, -0.2) is 48.7 Å². The van der Waals surface area contributed by atoms with Gasteiger partial charge in [-0.3, -0.25) is 4.79 Å². The van der Waals surface area contributed by atoms with E-state index in [1.165, 1.54) is 12.0 Å². The zero-order valence-corrected chi connectivity index (χ0v) is 14.2. The molecule has 1 amide bonds. The number of likely N-dealkylation sites (N-methyl/N-ethyl adjacent to an activating group) is 1. The summed E-state index contributed by atoms with van der Waals surface area (Å²) in [5, 5.41) is 0. The van der Waals surface area contributed by atoms with Gasteiger partial charge in [0.05, 0.1) is 6.54 Å². The first-order valence-electron chi connectivity index (χ1n) is 7.39. The van der Waals surface area contributed by atoms with Crippen molar-refractivity contribution >= 4 is 11.9 Å². The van der Waals surface area contributed by atoms with Crippen molar-refractivity contribution in [1.29, 1.82) is 0 Å². The van der Waals surface area contributed by atoms with E-state index < -0.39 is 17.3 Å². The molecule has 0 spiro atoms. The van der Waals surface area contributed by atoms with E-state index in [-0.39, 0.29) is 12.3 Å². The Bertz CT molecular complexity index is 461. The maximum Gasteiger partial charge on any atom is 0.410 e. The Kier molecular flexibility index (Phi) is 5.20. The molecule has 5 nitrogen and oxygen atoms in total. The molecule has 5 heteroatoms. The smallest absolute Gasteiger partial charge is 0.410 e. The van der Waals surface area contributed by atoms with Gasteiger partial charge < -0.3 is 14.4 Å². The number of ketones is 1. The number of carbonyl (C=O) groups excluding carboxylic acids is 2. The molecule has 0 radical (unpaired) electrons. The molecule has 0 fully saturated rings. The average Bonchev–Trinajstić information content (AvgIpc) is 2.38. The zero-order valence-electron chi connectivity index (χ0n) is 14.2. The van der Waals surface area contributed by atoms with Gasteiger partial charge in [-0.1, -0.05) is 13.8 Å². The number of rotatable bonds is 5. The molecule has 1 rings (SSSR count). The second kappa shape index (κ2) is 6.18. The summed E-state index contributed by atoms with van der Waals surface area (Å²) in [6.45, 7) is 9.58. The molecule has 0 aromatic carbocycles. The number of hydrogen-bond acceptors (Lipinski definition) is 4. The maximum atomic E-state index is 12.4. The SMILES string of the molecule is CCC1=C(CC)C(CN(C)C(=O)OC(C)(C)C)(OC)C1=O. The van der Waals surface area contributed by atoms with Crippen LogP contribution in [0.3, 0.4) is 0 Å². The molecule has 0 heterocycles. The molecule has 0 bridgehead atoms. The molecular formula is C16H27NO4. The van der Waals surface area contributed by atoms with E-state index in [0.29, 0.717) is 6.42 Å². The summed E-state index contributed by atoms with van der Waals surface area (Å²) >= 11 is 0. The first-order valence-corrected chi connectivity index (χ1v) is 7.39. The van der Waals surface area contributed by atoms with Crippen LogP contribution in [0.25, 0.3) is 0 Å². The second-order valence-electron chi connectivity index (χ2n) is 6.36. The van der Waals surface area contributed by atoms with Gasteiger partial charge in [0.1, 0.15) is 5.60 Å². The quantitative estimate of drug-likeness (QED) is 0.783. The third-order valence-electron chi connectivity index (χ3n) is 3.71. The molecule has 0 saturated carbocycles. The fourth-order valence-corrected chi connectivity index (χ4v) is 2.76.